The zero-order valence-electron chi connectivity index (χ0n) is 18.8. The van der Waals surface area contributed by atoms with Crippen LogP contribution in [-0.2, 0) is 9.53 Å². The lowest BCUT2D eigenvalue weighted by Crippen LogP contribution is -2.58. The second-order valence-corrected chi connectivity index (χ2v) is 8.07. The molecule has 1 atom stereocenters. The van der Waals surface area contributed by atoms with Gasteiger partial charge < -0.3 is 16.2 Å². The molecule has 5 rings (SSSR count). The van der Waals surface area contributed by atoms with Crippen molar-refractivity contribution < 1.29 is 23.1 Å². The summed E-state index contributed by atoms with van der Waals surface area (Å²) in [6.07, 6.45) is 4.56. The number of amides is 2. The number of halogens is 2. The van der Waals surface area contributed by atoms with Crippen LogP contribution in [0.4, 0.5) is 20.3 Å². The Labute approximate surface area is 203 Å². The number of hydrogen-bond donors (Lipinski definition) is 2. The highest BCUT2D eigenvalue weighted by Gasteiger charge is 2.35. The number of morpholine rings is 1. The molecule has 184 valence electrons. The van der Waals surface area contributed by atoms with E-state index in [4.69, 9.17) is 16.2 Å². The Balaban J connectivity index is 1.68. The van der Waals surface area contributed by atoms with Crippen molar-refractivity contribution in [2.75, 3.05) is 24.8 Å². The molecule has 10 nitrogen and oxygen atoms in total. The van der Waals surface area contributed by atoms with Gasteiger partial charge in [0.05, 0.1) is 30.8 Å². The summed E-state index contributed by atoms with van der Waals surface area (Å²) < 4.78 is 36.1. The molecule has 1 unspecified atom stereocenters. The summed E-state index contributed by atoms with van der Waals surface area (Å²) >= 11 is 0. The Bertz CT molecular complexity index is 1440. The standard InChI is InChI=1S/C24H21F2N7O3/c25-16-10-14(11-17(26)20(16)22(28)35)18-12-30-24(23-29-6-7-31(18)23)33(15-4-2-1-3-5-15)32-8-9-36-13-19(32)21(27)34/h1-7,10-12,19H,8-9,13H2,(H2,27,34)(H2,28,35). The van der Waals surface area contributed by atoms with Crippen LogP contribution in [0, 0.1) is 11.6 Å². The highest BCUT2D eigenvalue weighted by atomic mass is 19.1. The second kappa shape index (κ2) is 9.32. The Morgan fingerprint density at radius 1 is 1.08 bits per heavy atom. The number of anilines is 2. The van der Waals surface area contributed by atoms with Gasteiger partial charge in [-0.15, -0.1) is 0 Å². The van der Waals surface area contributed by atoms with Gasteiger partial charge in [0.25, 0.3) is 5.91 Å². The largest absolute Gasteiger partial charge is 0.378 e. The Kier molecular flexibility index (Phi) is 6.04. The van der Waals surface area contributed by atoms with E-state index in [2.05, 4.69) is 9.97 Å². The van der Waals surface area contributed by atoms with Crippen LogP contribution in [0.3, 0.4) is 0 Å². The number of benzene rings is 2. The van der Waals surface area contributed by atoms with Gasteiger partial charge in [-0.2, -0.15) is 5.01 Å². The molecular weight excluding hydrogens is 472 g/mol. The minimum absolute atomic E-state index is 0.103. The van der Waals surface area contributed by atoms with Crippen LogP contribution < -0.4 is 16.5 Å². The lowest BCUT2D eigenvalue weighted by atomic mass is 10.1. The van der Waals surface area contributed by atoms with Gasteiger partial charge in [0, 0.05) is 24.5 Å². The maximum Gasteiger partial charge on any atom is 0.254 e. The van der Waals surface area contributed by atoms with Crippen molar-refractivity contribution in [1.29, 1.82) is 0 Å². The molecule has 0 radical (unpaired) electrons. The molecule has 0 bridgehead atoms. The third-order valence-electron chi connectivity index (χ3n) is 5.88. The number of imidazole rings is 1. The molecule has 12 heteroatoms. The molecule has 1 saturated heterocycles. The lowest BCUT2D eigenvalue weighted by molar-refractivity contribution is -0.129. The minimum atomic E-state index is -1.20. The van der Waals surface area contributed by atoms with Gasteiger partial charge in [0.15, 0.2) is 11.5 Å². The van der Waals surface area contributed by atoms with Gasteiger partial charge in [-0.05, 0) is 24.3 Å². The van der Waals surface area contributed by atoms with E-state index in [0.29, 0.717) is 36.0 Å². The predicted molar refractivity (Wildman–Crippen MR) is 126 cm³/mol. The summed E-state index contributed by atoms with van der Waals surface area (Å²) in [6, 6.07) is 10.5. The van der Waals surface area contributed by atoms with Gasteiger partial charge in [-0.25, -0.2) is 18.7 Å². The molecule has 0 aliphatic carbocycles. The van der Waals surface area contributed by atoms with Crippen molar-refractivity contribution >= 4 is 29.0 Å². The van der Waals surface area contributed by atoms with Crippen LogP contribution in [0.1, 0.15) is 10.4 Å². The zero-order chi connectivity index (χ0) is 25.4. The van der Waals surface area contributed by atoms with Crippen molar-refractivity contribution in [3.05, 3.63) is 78.3 Å². The van der Waals surface area contributed by atoms with Gasteiger partial charge in [0.1, 0.15) is 23.2 Å². The van der Waals surface area contributed by atoms with Gasteiger partial charge in [0.2, 0.25) is 5.91 Å². The van der Waals surface area contributed by atoms with Crippen molar-refractivity contribution in [2.45, 2.75) is 6.04 Å². The van der Waals surface area contributed by atoms with Crippen molar-refractivity contribution in [2.24, 2.45) is 11.5 Å². The molecule has 4 aromatic rings. The van der Waals surface area contributed by atoms with E-state index in [0.717, 1.165) is 12.1 Å². The number of carbonyl (C=O) groups is 2. The van der Waals surface area contributed by atoms with Gasteiger partial charge in [-0.3, -0.25) is 19.0 Å². The van der Waals surface area contributed by atoms with E-state index in [1.165, 1.54) is 12.4 Å². The molecule has 0 saturated carbocycles. The van der Waals surface area contributed by atoms with E-state index in [-0.39, 0.29) is 12.2 Å². The van der Waals surface area contributed by atoms with Crippen molar-refractivity contribution in [1.82, 2.24) is 19.4 Å². The molecule has 1 fully saturated rings. The summed E-state index contributed by atoms with van der Waals surface area (Å²) in [5.74, 6) is -3.58. The van der Waals surface area contributed by atoms with Gasteiger partial charge >= 0.3 is 0 Å². The van der Waals surface area contributed by atoms with E-state index in [1.807, 2.05) is 30.3 Å². The maximum absolute atomic E-state index is 14.5. The normalized spacial score (nSPS) is 16.2. The second-order valence-electron chi connectivity index (χ2n) is 8.07. The number of ether oxygens (including phenoxy) is 1. The molecule has 1 aliphatic heterocycles. The molecule has 36 heavy (non-hydrogen) atoms. The number of hydrogen-bond acceptors (Lipinski definition) is 7. The Hall–Kier alpha value is -4.42. The number of primary amides is 2. The van der Waals surface area contributed by atoms with Crippen LogP contribution in [-0.4, -0.2) is 57.0 Å². The van der Waals surface area contributed by atoms with E-state index >= 15 is 0 Å². The topological polar surface area (TPSA) is 132 Å². The predicted octanol–water partition coefficient (Wildman–Crippen LogP) is 2.01. The number of fused-ring (bicyclic) bond motifs is 1. The van der Waals surface area contributed by atoms with Crippen LogP contribution >= 0.6 is 0 Å². The fourth-order valence-corrected chi connectivity index (χ4v) is 4.25. The monoisotopic (exact) mass is 493 g/mol. The molecule has 0 spiro atoms. The molecule has 2 aromatic heterocycles. The van der Waals surface area contributed by atoms with E-state index in [1.54, 1.807) is 20.6 Å². The van der Waals surface area contributed by atoms with Crippen LogP contribution in [0.2, 0.25) is 0 Å². The quantitative estimate of drug-likeness (QED) is 0.420. The highest BCUT2D eigenvalue weighted by molar-refractivity contribution is 5.94. The summed E-state index contributed by atoms with van der Waals surface area (Å²) in [4.78, 5) is 32.7. The number of carbonyl (C=O) groups excluding carboxylic acids is 2. The van der Waals surface area contributed by atoms with Crippen LogP contribution in [0.5, 0.6) is 0 Å². The average molecular weight is 493 g/mol. The highest BCUT2D eigenvalue weighted by Crippen LogP contribution is 2.33. The molecular formula is C24H21F2N7O3. The summed E-state index contributed by atoms with van der Waals surface area (Å²) in [7, 11) is 0. The number of nitrogens with zero attached hydrogens (tertiary/aromatic N) is 5. The number of para-hydroxylation sites is 1. The number of nitrogens with two attached hydrogens (primary N) is 2. The minimum Gasteiger partial charge on any atom is -0.378 e. The Morgan fingerprint density at radius 2 is 1.81 bits per heavy atom. The summed E-state index contributed by atoms with van der Waals surface area (Å²) in [5.41, 5.74) is 11.4. The van der Waals surface area contributed by atoms with Crippen molar-refractivity contribution in [3.8, 4) is 11.3 Å². The van der Waals surface area contributed by atoms with Crippen molar-refractivity contribution in [3.63, 3.8) is 0 Å². The Morgan fingerprint density at radius 3 is 2.47 bits per heavy atom. The third-order valence-corrected chi connectivity index (χ3v) is 5.88. The molecule has 3 heterocycles. The first-order chi connectivity index (χ1) is 17.4. The fourth-order valence-electron chi connectivity index (χ4n) is 4.25. The summed E-state index contributed by atoms with van der Waals surface area (Å²) in [6.45, 7) is 0.816. The van der Waals surface area contributed by atoms with Gasteiger partial charge in [-0.1, -0.05) is 18.2 Å². The molecule has 4 N–H and O–H groups in total. The molecule has 2 aromatic carbocycles. The fraction of sp³-hybridized carbons (Fsp3) is 0.167. The van der Waals surface area contributed by atoms with Crippen LogP contribution in [0.15, 0.2) is 61.1 Å². The number of aromatic nitrogens is 3. The smallest absolute Gasteiger partial charge is 0.254 e. The average Bonchev–Trinajstić information content (AvgIpc) is 3.35. The zero-order valence-corrected chi connectivity index (χ0v) is 18.8. The first-order valence-electron chi connectivity index (χ1n) is 11.0. The van der Waals surface area contributed by atoms with E-state index < -0.39 is 35.1 Å². The number of rotatable bonds is 6. The first kappa shape index (κ1) is 23.3. The number of hydrazine groups is 1. The molecule has 1 aliphatic rings. The van der Waals surface area contributed by atoms with E-state index in [9.17, 15) is 18.4 Å². The SMILES string of the molecule is NC(=O)c1c(F)cc(-c2cnc(N(c3ccccc3)N3CCOCC3C(N)=O)c3nccn23)cc1F. The lowest BCUT2D eigenvalue weighted by Gasteiger charge is -2.42. The summed E-state index contributed by atoms with van der Waals surface area (Å²) in [5, 5.41) is 3.50. The molecule has 2 amide bonds. The van der Waals surface area contributed by atoms with Crippen LogP contribution in [0.25, 0.3) is 16.9 Å². The third kappa shape index (κ3) is 4.01. The maximum atomic E-state index is 14.5. The first-order valence-corrected chi connectivity index (χ1v) is 11.0.